The molecular formula is C18H15N3O. The van der Waals surface area contributed by atoms with Crippen molar-refractivity contribution in [3.8, 4) is 0 Å². The van der Waals surface area contributed by atoms with Crippen LogP contribution in [0.3, 0.4) is 0 Å². The van der Waals surface area contributed by atoms with Crippen LogP contribution < -0.4 is 5.32 Å². The number of rotatable bonds is 3. The molecule has 0 saturated heterocycles. The summed E-state index contributed by atoms with van der Waals surface area (Å²) in [6, 6.07) is 14.1. The smallest absolute Gasteiger partial charge is 0.252 e. The number of carbonyl (C=O) groups excluding carboxylic acids is 1. The Hall–Kier alpha value is -2.75. The lowest BCUT2D eigenvalue weighted by molar-refractivity contribution is 0.0952. The Balaban J connectivity index is 1.54. The van der Waals surface area contributed by atoms with Gasteiger partial charge in [-0.1, -0.05) is 30.3 Å². The second-order valence-corrected chi connectivity index (χ2v) is 5.58. The van der Waals surface area contributed by atoms with Crippen molar-refractivity contribution in [2.45, 2.75) is 18.4 Å². The third kappa shape index (κ3) is 2.33. The summed E-state index contributed by atoms with van der Waals surface area (Å²) in [7, 11) is 0. The number of benzene rings is 1. The molecule has 0 radical (unpaired) electrons. The molecule has 1 fully saturated rings. The summed E-state index contributed by atoms with van der Waals surface area (Å²) in [4.78, 5) is 20.9. The Morgan fingerprint density at radius 3 is 2.82 bits per heavy atom. The van der Waals surface area contributed by atoms with Crippen LogP contribution in [0.5, 0.6) is 0 Å². The van der Waals surface area contributed by atoms with Gasteiger partial charge in [0.25, 0.3) is 5.91 Å². The Bertz CT molecular complexity index is 827. The number of fused-ring (bicyclic) bond motifs is 1. The van der Waals surface area contributed by atoms with Gasteiger partial charge in [0.1, 0.15) is 0 Å². The van der Waals surface area contributed by atoms with Crippen LogP contribution >= 0.6 is 0 Å². The summed E-state index contributed by atoms with van der Waals surface area (Å²) < 4.78 is 0. The van der Waals surface area contributed by atoms with Crippen LogP contribution in [0.25, 0.3) is 10.9 Å². The molecule has 4 nitrogen and oxygen atoms in total. The van der Waals surface area contributed by atoms with Gasteiger partial charge in [-0.3, -0.25) is 14.8 Å². The highest BCUT2D eigenvalue weighted by Gasteiger charge is 2.39. The van der Waals surface area contributed by atoms with E-state index in [0.29, 0.717) is 11.5 Å². The predicted octanol–water partition coefficient (Wildman–Crippen LogP) is 2.92. The topological polar surface area (TPSA) is 54.9 Å². The van der Waals surface area contributed by atoms with Gasteiger partial charge in [-0.2, -0.15) is 0 Å². The van der Waals surface area contributed by atoms with Gasteiger partial charge < -0.3 is 5.32 Å². The molecule has 2 heterocycles. The minimum absolute atomic E-state index is 0.0520. The molecule has 0 bridgehead atoms. The second-order valence-electron chi connectivity index (χ2n) is 5.58. The first-order valence-electron chi connectivity index (χ1n) is 7.37. The summed E-state index contributed by atoms with van der Waals surface area (Å²) in [6.45, 7) is 0. The highest BCUT2D eigenvalue weighted by molar-refractivity contribution is 6.05. The summed E-state index contributed by atoms with van der Waals surface area (Å²) in [5, 5.41) is 3.91. The van der Waals surface area contributed by atoms with Gasteiger partial charge in [-0.15, -0.1) is 0 Å². The Labute approximate surface area is 128 Å². The number of amides is 1. The second kappa shape index (κ2) is 5.22. The fourth-order valence-electron chi connectivity index (χ4n) is 2.86. The molecule has 0 aliphatic heterocycles. The van der Waals surface area contributed by atoms with E-state index in [2.05, 4.69) is 27.4 Å². The number of carbonyl (C=O) groups is 1. The van der Waals surface area contributed by atoms with Gasteiger partial charge in [0.05, 0.1) is 11.1 Å². The van der Waals surface area contributed by atoms with Gasteiger partial charge >= 0.3 is 0 Å². The molecule has 1 aromatic carbocycles. The Kier molecular flexibility index (Phi) is 3.07. The monoisotopic (exact) mass is 289 g/mol. The van der Waals surface area contributed by atoms with Crippen LogP contribution in [-0.2, 0) is 0 Å². The highest BCUT2D eigenvalue weighted by Crippen LogP contribution is 2.40. The molecule has 108 valence electrons. The maximum atomic E-state index is 12.5. The quantitative estimate of drug-likeness (QED) is 0.806. The van der Waals surface area contributed by atoms with Crippen molar-refractivity contribution in [3.05, 3.63) is 72.2 Å². The van der Waals surface area contributed by atoms with Gasteiger partial charge in [0.2, 0.25) is 0 Å². The van der Waals surface area contributed by atoms with E-state index in [9.17, 15) is 4.79 Å². The lowest BCUT2D eigenvalue weighted by Gasteiger charge is -2.07. The number of hydrogen-bond donors (Lipinski definition) is 1. The van der Waals surface area contributed by atoms with E-state index in [-0.39, 0.29) is 11.9 Å². The average molecular weight is 289 g/mol. The third-order valence-electron chi connectivity index (χ3n) is 4.12. The molecule has 3 aromatic rings. The molecule has 1 N–H and O–H groups in total. The number of hydrogen-bond acceptors (Lipinski definition) is 3. The third-order valence-corrected chi connectivity index (χ3v) is 4.12. The molecule has 4 rings (SSSR count). The van der Waals surface area contributed by atoms with E-state index in [1.54, 1.807) is 24.7 Å². The predicted molar refractivity (Wildman–Crippen MR) is 84.6 cm³/mol. The van der Waals surface area contributed by atoms with Crippen molar-refractivity contribution in [1.82, 2.24) is 15.3 Å². The Morgan fingerprint density at radius 1 is 1.09 bits per heavy atom. The van der Waals surface area contributed by atoms with Gasteiger partial charge in [-0.05, 0) is 24.1 Å². The zero-order chi connectivity index (χ0) is 14.9. The zero-order valence-corrected chi connectivity index (χ0v) is 11.9. The van der Waals surface area contributed by atoms with Crippen molar-refractivity contribution in [1.29, 1.82) is 0 Å². The molecule has 0 spiro atoms. The number of nitrogens with one attached hydrogen (secondary N) is 1. The van der Waals surface area contributed by atoms with Crippen molar-refractivity contribution in [3.63, 3.8) is 0 Å². The molecule has 4 heteroatoms. The minimum atomic E-state index is -0.0520. The van der Waals surface area contributed by atoms with Crippen LogP contribution in [0, 0.1) is 0 Å². The molecule has 1 aliphatic rings. The van der Waals surface area contributed by atoms with Crippen LogP contribution in [-0.4, -0.2) is 21.9 Å². The number of aromatic nitrogens is 2. The number of nitrogens with zero attached hydrogens (tertiary/aromatic N) is 2. The van der Waals surface area contributed by atoms with Crippen molar-refractivity contribution in [2.75, 3.05) is 0 Å². The molecular weight excluding hydrogens is 274 g/mol. The molecule has 22 heavy (non-hydrogen) atoms. The first kappa shape index (κ1) is 13.0. The van der Waals surface area contributed by atoms with Gasteiger partial charge in [0.15, 0.2) is 0 Å². The van der Waals surface area contributed by atoms with Gasteiger partial charge in [0, 0.05) is 35.9 Å². The minimum Gasteiger partial charge on any atom is -0.349 e. The summed E-state index contributed by atoms with van der Waals surface area (Å²) in [6.07, 6.45) is 6.04. The fraction of sp³-hybridized carbons (Fsp3) is 0.167. The summed E-state index contributed by atoms with van der Waals surface area (Å²) in [5.74, 6) is 0.375. The normalized spacial score (nSPS) is 19.8. The zero-order valence-electron chi connectivity index (χ0n) is 11.9. The molecule has 2 aromatic heterocycles. The van der Waals surface area contributed by atoms with E-state index in [1.807, 2.05) is 24.3 Å². The van der Waals surface area contributed by atoms with Crippen LogP contribution in [0.4, 0.5) is 0 Å². The standard InChI is InChI=1S/C18H15N3O/c22-18(13-6-9-20-16-7-8-19-11-15(13)16)21-17-10-14(17)12-4-2-1-3-5-12/h1-9,11,14,17H,10H2,(H,21,22). The maximum Gasteiger partial charge on any atom is 0.252 e. The molecule has 1 saturated carbocycles. The summed E-state index contributed by atoms with van der Waals surface area (Å²) >= 11 is 0. The van der Waals surface area contributed by atoms with Crippen molar-refractivity contribution >= 4 is 16.8 Å². The van der Waals surface area contributed by atoms with Crippen LogP contribution in [0.15, 0.2) is 61.1 Å². The molecule has 1 aliphatic carbocycles. The number of pyridine rings is 2. The first-order chi connectivity index (χ1) is 10.8. The van der Waals surface area contributed by atoms with Crippen molar-refractivity contribution < 1.29 is 4.79 Å². The molecule has 1 amide bonds. The van der Waals surface area contributed by atoms with Gasteiger partial charge in [-0.25, -0.2) is 0 Å². The lowest BCUT2D eigenvalue weighted by atomic mass is 10.1. The summed E-state index contributed by atoms with van der Waals surface area (Å²) in [5.41, 5.74) is 2.71. The molecule has 2 unspecified atom stereocenters. The van der Waals surface area contributed by atoms with Crippen molar-refractivity contribution in [2.24, 2.45) is 0 Å². The SMILES string of the molecule is O=C(NC1CC1c1ccccc1)c1ccnc2ccncc12. The lowest BCUT2D eigenvalue weighted by Crippen LogP contribution is -2.26. The van der Waals surface area contributed by atoms with E-state index in [1.165, 1.54) is 5.56 Å². The average Bonchev–Trinajstić information content (AvgIpc) is 3.34. The van der Waals surface area contributed by atoms with Crippen LogP contribution in [0.1, 0.15) is 28.3 Å². The Morgan fingerprint density at radius 2 is 1.95 bits per heavy atom. The maximum absolute atomic E-state index is 12.5. The molecule has 2 atom stereocenters. The van der Waals surface area contributed by atoms with Crippen LogP contribution in [0.2, 0.25) is 0 Å². The van der Waals surface area contributed by atoms with E-state index in [0.717, 1.165) is 17.3 Å². The van der Waals surface area contributed by atoms with E-state index in [4.69, 9.17) is 0 Å². The first-order valence-corrected chi connectivity index (χ1v) is 7.37. The highest BCUT2D eigenvalue weighted by atomic mass is 16.1. The van der Waals surface area contributed by atoms with E-state index < -0.39 is 0 Å². The van der Waals surface area contributed by atoms with E-state index >= 15 is 0 Å². The fourth-order valence-corrected chi connectivity index (χ4v) is 2.86. The largest absolute Gasteiger partial charge is 0.349 e.